The van der Waals surface area contributed by atoms with E-state index in [0.29, 0.717) is 5.75 Å². The van der Waals surface area contributed by atoms with Crippen LogP contribution in [0, 0.1) is 0 Å². The number of carbonyl (C=O) groups excluding carboxylic acids is 3. The third-order valence-electron chi connectivity index (χ3n) is 3.78. The predicted octanol–water partition coefficient (Wildman–Crippen LogP) is 1.41. The van der Waals surface area contributed by atoms with Gasteiger partial charge in [0.15, 0.2) is 11.4 Å². The summed E-state index contributed by atoms with van der Waals surface area (Å²) < 4.78 is 10.3. The highest BCUT2D eigenvalue weighted by atomic mass is 16.5. The minimum Gasteiger partial charge on any atom is -0.481 e. The number of hydrogen-bond acceptors (Lipinski definition) is 6. The number of carboxylic acids is 1. The number of Topliss-reactive ketones (excluding diaryl/α,β-unsaturated/α-hetero) is 1. The van der Waals surface area contributed by atoms with E-state index in [1.54, 1.807) is 13.8 Å². The van der Waals surface area contributed by atoms with Crippen molar-refractivity contribution in [3.8, 4) is 5.75 Å². The minimum atomic E-state index is -1.17. The summed E-state index contributed by atoms with van der Waals surface area (Å²) in [7, 11) is 1.21. The number of benzene rings is 1. The van der Waals surface area contributed by atoms with Crippen LogP contribution in [-0.2, 0) is 19.1 Å². The largest absolute Gasteiger partial charge is 0.481 e. The summed E-state index contributed by atoms with van der Waals surface area (Å²) in [6.45, 7) is 2.84. The summed E-state index contributed by atoms with van der Waals surface area (Å²) in [5, 5.41) is 8.69. The summed E-state index contributed by atoms with van der Waals surface area (Å²) in [6.07, 6.45) is -0.449. The highest BCUT2D eigenvalue weighted by Crippen LogP contribution is 2.38. The van der Waals surface area contributed by atoms with Gasteiger partial charge in [0.1, 0.15) is 12.3 Å². The van der Waals surface area contributed by atoms with Gasteiger partial charge in [-0.2, -0.15) is 0 Å². The number of amides is 1. The van der Waals surface area contributed by atoms with Gasteiger partial charge in [-0.15, -0.1) is 0 Å². The van der Waals surface area contributed by atoms with Crippen LogP contribution in [0.4, 0.5) is 5.69 Å². The van der Waals surface area contributed by atoms with Crippen LogP contribution in [0.15, 0.2) is 18.2 Å². The maximum absolute atomic E-state index is 12.6. The van der Waals surface area contributed by atoms with E-state index < -0.39 is 23.4 Å². The van der Waals surface area contributed by atoms with Crippen molar-refractivity contribution in [2.75, 3.05) is 18.6 Å². The Morgan fingerprint density at radius 3 is 2.52 bits per heavy atom. The van der Waals surface area contributed by atoms with Gasteiger partial charge in [-0.05, 0) is 32.0 Å². The molecule has 1 aromatic rings. The van der Waals surface area contributed by atoms with E-state index in [9.17, 15) is 19.2 Å². The van der Waals surface area contributed by atoms with Crippen LogP contribution in [0.3, 0.4) is 0 Å². The van der Waals surface area contributed by atoms with E-state index in [1.165, 1.54) is 30.2 Å². The van der Waals surface area contributed by atoms with Crippen molar-refractivity contribution >= 4 is 29.3 Å². The highest BCUT2D eigenvalue weighted by Gasteiger charge is 2.42. The smallest absolute Gasteiger partial charge is 0.325 e. The first kappa shape index (κ1) is 18.4. The Morgan fingerprint density at radius 1 is 1.24 bits per heavy atom. The molecule has 2 rings (SSSR count). The van der Waals surface area contributed by atoms with Crippen LogP contribution in [-0.4, -0.2) is 48.0 Å². The van der Waals surface area contributed by atoms with E-state index in [-0.39, 0.29) is 36.4 Å². The number of nitrogens with zero attached hydrogens (tertiary/aromatic N) is 1. The van der Waals surface area contributed by atoms with Crippen molar-refractivity contribution in [3.63, 3.8) is 0 Å². The molecule has 0 aromatic heterocycles. The number of esters is 1. The number of carboxylic acid groups (broad SMARTS) is 1. The van der Waals surface area contributed by atoms with Gasteiger partial charge in [0.05, 0.1) is 19.2 Å². The van der Waals surface area contributed by atoms with Gasteiger partial charge >= 0.3 is 11.9 Å². The van der Waals surface area contributed by atoms with Gasteiger partial charge in [0, 0.05) is 12.0 Å². The van der Waals surface area contributed by atoms with Gasteiger partial charge in [0.25, 0.3) is 5.91 Å². The second-order valence-electron chi connectivity index (χ2n) is 6.08. The molecule has 0 saturated heterocycles. The number of rotatable bonds is 6. The second-order valence-corrected chi connectivity index (χ2v) is 6.08. The lowest BCUT2D eigenvalue weighted by Crippen LogP contribution is -2.54. The minimum absolute atomic E-state index is 0.161. The molecule has 1 amide bonds. The van der Waals surface area contributed by atoms with Crippen molar-refractivity contribution in [3.05, 3.63) is 23.8 Å². The van der Waals surface area contributed by atoms with Crippen molar-refractivity contribution in [2.24, 2.45) is 0 Å². The van der Waals surface area contributed by atoms with Crippen molar-refractivity contribution in [1.82, 2.24) is 0 Å². The molecule has 1 N–H and O–H groups in total. The molecular formula is C17H19NO7. The number of ether oxygens (including phenoxy) is 2. The molecule has 0 atom stereocenters. The van der Waals surface area contributed by atoms with Crippen LogP contribution in [0.25, 0.3) is 0 Å². The molecule has 0 radical (unpaired) electrons. The van der Waals surface area contributed by atoms with Gasteiger partial charge in [0.2, 0.25) is 0 Å². The average molecular weight is 349 g/mol. The first-order valence-electron chi connectivity index (χ1n) is 7.62. The third-order valence-corrected chi connectivity index (χ3v) is 3.78. The van der Waals surface area contributed by atoms with Gasteiger partial charge in [-0.1, -0.05) is 0 Å². The molecule has 134 valence electrons. The predicted molar refractivity (Wildman–Crippen MR) is 86.7 cm³/mol. The lowest BCUT2D eigenvalue weighted by molar-refractivity contribution is -0.142. The molecule has 8 heteroatoms. The molecule has 0 saturated carbocycles. The molecule has 1 heterocycles. The number of anilines is 1. The molecule has 0 fully saturated rings. The third kappa shape index (κ3) is 3.96. The zero-order valence-electron chi connectivity index (χ0n) is 14.2. The Bertz CT molecular complexity index is 739. The van der Waals surface area contributed by atoms with Crippen molar-refractivity contribution in [1.29, 1.82) is 0 Å². The zero-order chi connectivity index (χ0) is 18.8. The molecule has 1 aromatic carbocycles. The first-order chi connectivity index (χ1) is 11.7. The Morgan fingerprint density at radius 2 is 1.92 bits per heavy atom. The van der Waals surface area contributed by atoms with Crippen molar-refractivity contribution in [2.45, 2.75) is 32.3 Å². The molecule has 8 nitrogen and oxygen atoms in total. The first-order valence-corrected chi connectivity index (χ1v) is 7.62. The summed E-state index contributed by atoms with van der Waals surface area (Å²) in [4.78, 5) is 48.2. The highest BCUT2D eigenvalue weighted by molar-refractivity contribution is 6.07. The number of ketones is 1. The fourth-order valence-electron chi connectivity index (χ4n) is 2.46. The summed E-state index contributed by atoms with van der Waals surface area (Å²) in [6, 6.07) is 4.46. The van der Waals surface area contributed by atoms with Crippen LogP contribution < -0.4 is 9.64 Å². The summed E-state index contributed by atoms with van der Waals surface area (Å²) >= 11 is 0. The van der Waals surface area contributed by atoms with E-state index in [4.69, 9.17) is 9.84 Å². The molecular weight excluding hydrogens is 330 g/mol. The second kappa shape index (κ2) is 6.92. The molecule has 0 aliphatic carbocycles. The Labute approximate surface area is 144 Å². The Kier molecular flexibility index (Phi) is 5.10. The van der Waals surface area contributed by atoms with Crippen LogP contribution in [0.2, 0.25) is 0 Å². The van der Waals surface area contributed by atoms with E-state index >= 15 is 0 Å². The summed E-state index contributed by atoms with van der Waals surface area (Å²) in [5.41, 5.74) is -0.655. The van der Waals surface area contributed by atoms with Crippen molar-refractivity contribution < 1.29 is 33.8 Å². The molecule has 0 unspecified atom stereocenters. The maximum atomic E-state index is 12.6. The average Bonchev–Trinajstić information content (AvgIpc) is 2.55. The fraction of sp³-hybridized carbons (Fsp3) is 0.412. The number of fused-ring (bicyclic) bond motifs is 1. The maximum Gasteiger partial charge on any atom is 0.325 e. The van der Waals surface area contributed by atoms with E-state index in [2.05, 4.69) is 4.74 Å². The number of carbonyl (C=O) groups is 4. The van der Waals surface area contributed by atoms with Crippen LogP contribution in [0.5, 0.6) is 5.75 Å². The molecule has 25 heavy (non-hydrogen) atoms. The van der Waals surface area contributed by atoms with Crippen LogP contribution in [0.1, 0.15) is 37.0 Å². The number of aliphatic carboxylic acids is 1. The summed E-state index contributed by atoms with van der Waals surface area (Å²) in [5.74, 6) is -2.15. The molecule has 0 bridgehead atoms. The number of methoxy groups -OCH3 is 1. The molecule has 1 aliphatic heterocycles. The van der Waals surface area contributed by atoms with E-state index in [0.717, 1.165) is 0 Å². The lowest BCUT2D eigenvalue weighted by atomic mass is 10.0. The molecule has 1 aliphatic rings. The van der Waals surface area contributed by atoms with E-state index in [1.807, 2.05) is 0 Å². The zero-order valence-corrected chi connectivity index (χ0v) is 14.2. The normalized spacial score (nSPS) is 15.2. The number of hydrogen-bond donors (Lipinski definition) is 1. The monoisotopic (exact) mass is 349 g/mol. The van der Waals surface area contributed by atoms with Gasteiger partial charge < -0.3 is 14.6 Å². The lowest BCUT2D eigenvalue weighted by Gasteiger charge is -2.38. The standard InChI is InChI=1S/C17H19NO7/c1-17(2)16(23)18(9-15(22)24-3)11-8-10(4-6-13(11)25-17)12(19)5-7-14(20)21/h4,6,8H,5,7,9H2,1-3H3,(H,20,21). The Hall–Kier alpha value is -2.90. The van der Waals surface area contributed by atoms with Gasteiger partial charge in [-0.3, -0.25) is 24.1 Å². The topological polar surface area (TPSA) is 110 Å². The van der Waals surface area contributed by atoms with Gasteiger partial charge in [-0.25, -0.2) is 0 Å². The Balaban J connectivity index is 2.39. The fourth-order valence-corrected chi connectivity index (χ4v) is 2.46. The molecule has 0 spiro atoms. The quantitative estimate of drug-likeness (QED) is 0.610. The SMILES string of the molecule is COC(=O)CN1C(=O)C(C)(C)Oc2ccc(C(=O)CCC(=O)O)cc21. The van der Waals surface area contributed by atoms with Crippen LogP contribution >= 0.6 is 0 Å².